The number of aliphatic hydroxyl groups excluding tert-OH is 6. The van der Waals surface area contributed by atoms with Crippen molar-refractivity contribution in [2.45, 2.75) is 97.2 Å². The molecule has 2 fully saturated rings. The first kappa shape index (κ1) is 50.0. The van der Waals surface area contributed by atoms with Crippen molar-refractivity contribution in [3.63, 3.8) is 0 Å². The smallest absolute Gasteiger partial charge is 0.355 e. The van der Waals surface area contributed by atoms with Gasteiger partial charge in [-0.1, -0.05) is 48.4 Å². The lowest BCUT2D eigenvalue weighted by molar-refractivity contribution is -0.422. The maximum Gasteiger partial charge on any atom is 0.355 e. The minimum absolute atomic E-state index is 0.0248. The molecule has 73 heavy (non-hydrogen) atoms. The van der Waals surface area contributed by atoms with Crippen LogP contribution in [-0.2, 0) is 19.7 Å². The number of aliphatic carboxylic acids is 1. The highest BCUT2D eigenvalue weighted by molar-refractivity contribution is 6.13. The molecule has 2 aromatic heterocycles. The number of hydrogen-bond acceptors (Lipinski definition) is 16. The molecule has 1 saturated carbocycles. The van der Waals surface area contributed by atoms with Gasteiger partial charge in [-0.05, 0) is 90.8 Å². The average molecular weight is 1010 g/mol. The summed E-state index contributed by atoms with van der Waals surface area (Å²) in [5, 5.41) is 113. The van der Waals surface area contributed by atoms with Gasteiger partial charge in [0.2, 0.25) is 0 Å². The topological polar surface area (TPSA) is 341 Å². The van der Waals surface area contributed by atoms with Crippen LogP contribution in [0.25, 0.3) is 6.08 Å². The molecule has 4 heterocycles. The number of amides is 1. The minimum atomic E-state index is -3.19. The number of hydrogen-bond donors (Lipinski definition) is 14. The largest absolute Gasteiger partial charge is 0.508 e. The Bertz CT molecular complexity index is 2910. The third kappa shape index (κ3) is 8.08. The van der Waals surface area contributed by atoms with Crippen LogP contribution in [0.4, 0.5) is 11.5 Å². The highest BCUT2D eigenvalue weighted by atomic mass is 16.8. The Kier molecular flexibility index (Phi) is 13.2. The number of fused-ring (bicyclic) bond motifs is 4. The van der Waals surface area contributed by atoms with Crippen molar-refractivity contribution < 1.29 is 70.1 Å². The molecule has 20 heteroatoms. The van der Waals surface area contributed by atoms with Crippen LogP contribution < -0.4 is 20.7 Å². The summed E-state index contributed by atoms with van der Waals surface area (Å²) < 4.78 is 11.1. The maximum absolute atomic E-state index is 15.3. The molecule has 1 saturated heterocycles. The van der Waals surface area contributed by atoms with Gasteiger partial charge in [-0.25, -0.2) is 9.78 Å². The van der Waals surface area contributed by atoms with E-state index in [4.69, 9.17) is 15.2 Å². The molecule has 13 atom stereocenters. The monoisotopic (exact) mass is 1000 g/mol. The Hall–Kier alpha value is -6.59. The molecule has 0 unspecified atom stereocenters. The molecule has 1 amide bonds. The number of nitrogens with zero attached hydrogens (tertiary/aromatic N) is 2. The van der Waals surface area contributed by atoms with Gasteiger partial charge in [0.1, 0.15) is 29.9 Å². The Morgan fingerprint density at radius 3 is 2.42 bits per heavy atom. The fraction of sp³-hybridized carbons (Fsp3) is 0.415. The number of nitrogens with two attached hydrogens (primary N) is 1. The van der Waals surface area contributed by atoms with E-state index in [1.807, 2.05) is 42.5 Å². The lowest BCUT2D eigenvalue weighted by Gasteiger charge is -2.45. The second-order valence-corrected chi connectivity index (χ2v) is 19.9. The van der Waals surface area contributed by atoms with Crippen molar-refractivity contribution >= 4 is 29.5 Å². The summed E-state index contributed by atoms with van der Waals surface area (Å²) in [6, 6.07) is 19.8. The van der Waals surface area contributed by atoms with E-state index in [1.54, 1.807) is 24.7 Å². The van der Waals surface area contributed by atoms with E-state index in [-0.39, 0.29) is 48.5 Å². The van der Waals surface area contributed by atoms with E-state index in [1.165, 1.54) is 30.4 Å². The second-order valence-electron chi connectivity index (χ2n) is 19.9. The fourth-order valence-corrected chi connectivity index (χ4v) is 12.8. The normalized spacial score (nSPS) is 32.5. The standard InChI is InChI=1S/C53H60N6O14/c54-40-8-4-15-51(40,30-6-2-1-3-7-30)43-28(14-17-60)22-52(50(69)70)44(43)33-20-37(64)38(72-53(71)49(68)48(67)47(66)39(25-62)73-53)21-35(33)59(52)42(65)13-11-27-10-12-36(63)31(18-27)32-19-29(24-61)34(46-45(32)57-26-58-46)23-56-41-9-5-16-55-41/h1-3,5-7,9-13,16,18,20-22,26,29,32,34,39-40,43-44,47-49,55-56,60-64,66-68,71H,4,8,14-15,17,19,23-25,54H2,(H,57,58)(H,69,70)/b13-11+/t29-,32-,34+,39-,40-,43-,44+,47-,48+,49-,51+,52-,53+/m1/s1. The third-order valence-corrected chi connectivity index (χ3v) is 16.1. The highest BCUT2D eigenvalue weighted by Gasteiger charge is 2.69. The number of phenolic OH excluding ortho intramolecular Hbond substituents is 2. The molecule has 0 radical (unpaired) electrons. The Balaban J connectivity index is 1.07. The molecule has 20 nitrogen and oxygen atoms in total. The molecule has 3 aliphatic carbocycles. The van der Waals surface area contributed by atoms with Gasteiger partial charge in [0.15, 0.2) is 23.1 Å². The number of ether oxygens (including phenoxy) is 2. The molecule has 0 bridgehead atoms. The van der Waals surface area contributed by atoms with Gasteiger partial charge in [-0.2, -0.15) is 0 Å². The van der Waals surface area contributed by atoms with Crippen molar-refractivity contribution in [2.75, 3.05) is 36.6 Å². The number of rotatable bonds is 15. The van der Waals surface area contributed by atoms with Gasteiger partial charge in [0.05, 0.1) is 24.3 Å². The first-order valence-electron chi connectivity index (χ1n) is 24.5. The Morgan fingerprint density at radius 1 is 0.945 bits per heavy atom. The van der Waals surface area contributed by atoms with E-state index in [0.29, 0.717) is 48.9 Å². The van der Waals surface area contributed by atoms with Crippen molar-refractivity contribution in [3.05, 3.63) is 137 Å². The lowest BCUT2D eigenvalue weighted by atomic mass is 9.59. The number of aromatic nitrogens is 3. The zero-order chi connectivity index (χ0) is 51.6. The number of benzene rings is 3. The molecule has 15 N–H and O–H groups in total. The van der Waals surface area contributed by atoms with E-state index in [9.17, 15) is 55.9 Å². The summed E-state index contributed by atoms with van der Waals surface area (Å²) in [6.45, 7) is -0.973. The van der Waals surface area contributed by atoms with Crippen molar-refractivity contribution in [1.82, 2.24) is 15.0 Å². The van der Waals surface area contributed by atoms with Crippen molar-refractivity contribution in [2.24, 2.45) is 17.6 Å². The number of carboxylic acids is 1. The zero-order valence-corrected chi connectivity index (χ0v) is 39.5. The minimum Gasteiger partial charge on any atom is -0.508 e. The van der Waals surface area contributed by atoms with Gasteiger partial charge in [-0.15, -0.1) is 0 Å². The first-order chi connectivity index (χ1) is 35.1. The maximum atomic E-state index is 15.3. The Morgan fingerprint density at radius 2 is 1.74 bits per heavy atom. The average Bonchev–Trinajstić information content (AvgIpc) is 4.27. The third-order valence-electron chi connectivity index (χ3n) is 16.1. The van der Waals surface area contributed by atoms with Gasteiger partial charge in [0, 0.05) is 84.5 Å². The number of carbonyl (C=O) groups is 2. The zero-order valence-electron chi connectivity index (χ0n) is 39.5. The van der Waals surface area contributed by atoms with Crippen LogP contribution in [0.5, 0.6) is 17.2 Å². The molecule has 2 aliphatic heterocycles. The number of nitrogens with one attached hydrogen (secondary N) is 3. The number of imidazole rings is 1. The number of carboxylic acid groups (broad SMARTS) is 1. The predicted octanol–water partition coefficient (Wildman–Crippen LogP) is 2.34. The predicted molar refractivity (Wildman–Crippen MR) is 262 cm³/mol. The Labute approximate surface area is 418 Å². The quantitative estimate of drug-likeness (QED) is 0.0407. The number of aromatic amines is 2. The van der Waals surface area contributed by atoms with Gasteiger partial charge < -0.3 is 81.6 Å². The lowest BCUT2D eigenvalue weighted by Crippen LogP contribution is -2.67. The number of anilines is 2. The molecule has 386 valence electrons. The highest BCUT2D eigenvalue weighted by Crippen LogP contribution is 2.66. The molecular formula is C53H60N6O14. The van der Waals surface area contributed by atoms with Crippen LogP contribution >= 0.6 is 0 Å². The van der Waals surface area contributed by atoms with Crippen molar-refractivity contribution in [3.8, 4) is 17.2 Å². The van der Waals surface area contributed by atoms with Gasteiger partial charge in [-0.3, -0.25) is 9.69 Å². The van der Waals surface area contributed by atoms with Crippen LogP contribution in [0.1, 0.15) is 83.5 Å². The molecular weight excluding hydrogens is 945 g/mol. The summed E-state index contributed by atoms with van der Waals surface area (Å²) in [5.41, 5.74) is 7.84. The number of phenols is 2. The summed E-state index contributed by atoms with van der Waals surface area (Å²) >= 11 is 0. The summed E-state index contributed by atoms with van der Waals surface area (Å²) in [5.74, 6) is -8.87. The van der Waals surface area contributed by atoms with E-state index < -0.39 is 95.1 Å². The number of aromatic hydroxyl groups is 2. The first-order valence-corrected chi connectivity index (χ1v) is 24.5. The van der Waals surface area contributed by atoms with Crippen LogP contribution in [-0.4, -0.2) is 146 Å². The fourth-order valence-electron chi connectivity index (χ4n) is 12.8. The second kappa shape index (κ2) is 19.4. The summed E-state index contributed by atoms with van der Waals surface area (Å²) in [4.78, 5) is 41.8. The summed E-state index contributed by atoms with van der Waals surface area (Å²) in [6.07, 6.45) is 1.77. The molecule has 5 aliphatic rings. The SMILES string of the molecule is N[C@@H]1CCC[C@@]1(c1ccccc1)[C@@H]1C(CCO)=C[C@]2(C(=O)O)[C@H]1c1cc(O)c(O[C@]3(O)O[C@H](CO)[C@@H](O)[C@H](O)[C@H]3O)cc1N2C(=O)/C=C/c1ccc(O)c([C@H]2C[C@H](CO)[C@H](CNc3ccc[nH]3)c3nc[nH]c32)c1. The van der Waals surface area contributed by atoms with Gasteiger partial charge in [0.25, 0.3) is 5.91 Å². The van der Waals surface area contributed by atoms with Crippen LogP contribution in [0.3, 0.4) is 0 Å². The number of H-pyrrole nitrogens is 2. The number of carbonyl (C=O) groups excluding carboxylic acids is 1. The molecule has 3 aromatic carbocycles. The summed E-state index contributed by atoms with van der Waals surface area (Å²) in [7, 11) is 0. The molecule has 10 rings (SSSR count). The van der Waals surface area contributed by atoms with E-state index in [2.05, 4.69) is 20.3 Å². The molecule has 0 spiro atoms. The van der Waals surface area contributed by atoms with E-state index >= 15 is 4.79 Å². The van der Waals surface area contributed by atoms with Crippen LogP contribution in [0, 0.1) is 11.8 Å². The van der Waals surface area contributed by atoms with Crippen molar-refractivity contribution in [1.29, 1.82) is 0 Å². The van der Waals surface area contributed by atoms with Crippen LogP contribution in [0.2, 0.25) is 0 Å². The number of aliphatic hydroxyl groups is 7. The molecule has 5 aromatic rings. The van der Waals surface area contributed by atoms with Crippen LogP contribution in [0.15, 0.2) is 103 Å². The van der Waals surface area contributed by atoms with E-state index in [0.717, 1.165) is 33.7 Å². The van der Waals surface area contributed by atoms with Gasteiger partial charge >= 0.3 is 11.9 Å².